The van der Waals surface area contributed by atoms with Gasteiger partial charge < -0.3 is 0 Å². The summed E-state index contributed by atoms with van der Waals surface area (Å²) in [6.07, 6.45) is 1.69. The lowest BCUT2D eigenvalue weighted by molar-refractivity contribution is 0.606. The average molecular weight is 310 g/mol. The topological polar surface area (TPSA) is 34.1 Å². The van der Waals surface area contributed by atoms with Crippen LogP contribution in [0.3, 0.4) is 0 Å². The van der Waals surface area contributed by atoms with E-state index in [0.717, 1.165) is 14.6 Å². The Hall–Kier alpha value is -0.950. The zero-order valence-electron chi connectivity index (χ0n) is 8.91. The molecule has 0 spiro atoms. The van der Waals surface area contributed by atoms with E-state index in [1.54, 1.807) is 46.2 Å². The molecule has 0 saturated carbocycles. The SMILES string of the molecule is O=S1(=O)C=Cc2sc(-c3cc4sccc4s3)cc21. The van der Waals surface area contributed by atoms with E-state index >= 15 is 0 Å². The number of hydrogen-bond acceptors (Lipinski definition) is 5. The van der Waals surface area contributed by atoms with Gasteiger partial charge in [-0.3, -0.25) is 0 Å². The van der Waals surface area contributed by atoms with Gasteiger partial charge in [0.05, 0.1) is 4.90 Å². The standard InChI is InChI=1S/C12H6O2S4/c13-18(14)4-2-8-12(18)6-11(17-8)10-5-9-7(16-10)1-3-15-9/h1-6H. The van der Waals surface area contributed by atoms with Crippen molar-refractivity contribution in [3.05, 3.63) is 33.9 Å². The van der Waals surface area contributed by atoms with Crippen molar-refractivity contribution in [3.8, 4) is 9.75 Å². The van der Waals surface area contributed by atoms with Gasteiger partial charge in [-0.05, 0) is 29.7 Å². The molecule has 4 rings (SSSR count). The minimum atomic E-state index is -3.17. The van der Waals surface area contributed by atoms with Crippen LogP contribution in [0.15, 0.2) is 33.9 Å². The minimum absolute atomic E-state index is 0.458. The summed E-state index contributed by atoms with van der Waals surface area (Å²) in [4.78, 5) is 3.50. The summed E-state index contributed by atoms with van der Waals surface area (Å²) in [6, 6.07) is 6.04. The van der Waals surface area contributed by atoms with Crippen LogP contribution in [0.5, 0.6) is 0 Å². The van der Waals surface area contributed by atoms with Crippen LogP contribution < -0.4 is 0 Å². The first-order valence-electron chi connectivity index (χ1n) is 5.18. The number of fused-ring (bicyclic) bond motifs is 2. The second-order valence-corrected chi connectivity index (χ2v) is 8.86. The van der Waals surface area contributed by atoms with E-state index in [1.165, 1.54) is 14.8 Å². The molecule has 0 amide bonds. The molecule has 0 N–H and O–H groups in total. The van der Waals surface area contributed by atoms with Crippen LogP contribution >= 0.6 is 34.0 Å². The monoisotopic (exact) mass is 310 g/mol. The fraction of sp³-hybridized carbons (Fsp3) is 0. The molecule has 0 fully saturated rings. The van der Waals surface area contributed by atoms with Crippen LogP contribution in [0, 0.1) is 0 Å². The summed E-state index contributed by atoms with van der Waals surface area (Å²) in [5.41, 5.74) is 0. The molecule has 90 valence electrons. The van der Waals surface area contributed by atoms with Crippen molar-refractivity contribution in [2.45, 2.75) is 4.90 Å². The van der Waals surface area contributed by atoms with Gasteiger partial charge in [-0.25, -0.2) is 8.42 Å². The normalized spacial score (nSPS) is 16.4. The molecule has 18 heavy (non-hydrogen) atoms. The molecule has 6 heteroatoms. The molecule has 0 saturated heterocycles. The summed E-state index contributed by atoms with van der Waals surface area (Å²) in [7, 11) is -3.17. The van der Waals surface area contributed by atoms with Crippen LogP contribution in [0.1, 0.15) is 4.88 Å². The predicted molar refractivity (Wildman–Crippen MR) is 79.2 cm³/mol. The van der Waals surface area contributed by atoms with Crippen LogP contribution in [-0.2, 0) is 9.84 Å². The second-order valence-electron chi connectivity index (χ2n) is 3.95. The molecule has 2 nitrogen and oxygen atoms in total. The van der Waals surface area contributed by atoms with Gasteiger partial charge in [0.1, 0.15) is 0 Å². The van der Waals surface area contributed by atoms with Crippen molar-refractivity contribution in [1.29, 1.82) is 0 Å². The maximum absolute atomic E-state index is 11.7. The molecule has 1 aliphatic rings. The largest absolute Gasteiger partial charge is 0.219 e. The molecule has 0 aromatic carbocycles. The van der Waals surface area contributed by atoms with Gasteiger partial charge in [0, 0.05) is 29.4 Å². The van der Waals surface area contributed by atoms with Crippen molar-refractivity contribution in [1.82, 2.24) is 0 Å². The van der Waals surface area contributed by atoms with Gasteiger partial charge in [-0.1, -0.05) is 0 Å². The average Bonchev–Trinajstić information content (AvgIpc) is 3.00. The lowest BCUT2D eigenvalue weighted by atomic mass is 10.3. The smallest absolute Gasteiger partial charge is 0.201 e. The van der Waals surface area contributed by atoms with Crippen LogP contribution in [0.25, 0.3) is 25.2 Å². The molecule has 0 atom stereocenters. The second kappa shape index (κ2) is 3.54. The Labute approximate surface area is 116 Å². The van der Waals surface area contributed by atoms with Crippen molar-refractivity contribution in [2.24, 2.45) is 0 Å². The third kappa shape index (κ3) is 1.46. The lowest BCUT2D eigenvalue weighted by Crippen LogP contribution is -1.89. The van der Waals surface area contributed by atoms with Crippen molar-refractivity contribution >= 4 is 59.3 Å². The van der Waals surface area contributed by atoms with Crippen molar-refractivity contribution < 1.29 is 8.42 Å². The molecular weight excluding hydrogens is 304 g/mol. The highest BCUT2D eigenvalue weighted by molar-refractivity contribution is 7.95. The molecule has 0 unspecified atom stereocenters. The molecule has 3 aromatic rings. The van der Waals surface area contributed by atoms with E-state index in [1.807, 2.05) is 0 Å². The highest BCUT2D eigenvalue weighted by atomic mass is 32.2. The third-order valence-electron chi connectivity index (χ3n) is 2.81. The molecule has 0 bridgehead atoms. The first kappa shape index (κ1) is 10.9. The Balaban J connectivity index is 1.92. The van der Waals surface area contributed by atoms with E-state index in [9.17, 15) is 8.42 Å². The molecule has 0 aliphatic carbocycles. The summed E-state index contributed by atoms with van der Waals surface area (Å²) >= 11 is 4.98. The van der Waals surface area contributed by atoms with E-state index in [0.29, 0.717) is 4.90 Å². The third-order valence-corrected chi connectivity index (χ3v) is 7.78. The van der Waals surface area contributed by atoms with Gasteiger partial charge >= 0.3 is 0 Å². The zero-order valence-corrected chi connectivity index (χ0v) is 12.2. The summed E-state index contributed by atoms with van der Waals surface area (Å²) in [5, 5.41) is 3.36. The Kier molecular flexibility index (Phi) is 2.15. The Morgan fingerprint density at radius 3 is 2.61 bits per heavy atom. The Bertz CT molecular complexity index is 861. The quantitative estimate of drug-likeness (QED) is 0.665. The number of rotatable bonds is 1. The number of thiophene rings is 3. The van der Waals surface area contributed by atoms with E-state index in [2.05, 4.69) is 17.5 Å². The fourth-order valence-corrected chi connectivity index (χ4v) is 6.83. The number of sulfone groups is 1. The Morgan fingerprint density at radius 2 is 1.83 bits per heavy atom. The highest BCUT2D eigenvalue weighted by Crippen LogP contribution is 2.43. The fourth-order valence-electron chi connectivity index (χ4n) is 1.96. The molecular formula is C12H6O2S4. The summed E-state index contributed by atoms with van der Waals surface area (Å²) in [6.45, 7) is 0. The minimum Gasteiger partial charge on any atom is -0.219 e. The highest BCUT2D eigenvalue weighted by Gasteiger charge is 2.24. The van der Waals surface area contributed by atoms with Crippen LogP contribution in [0.4, 0.5) is 0 Å². The molecule has 1 aliphatic heterocycles. The maximum atomic E-state index is 11.7. The van der Waals surface area contributed by atoms with Crippen molar-refractivity contribution in [3.63, 3.8) is 0 Å². The van der Waals surface area contributed by atoms with Crippen molar-refractivity contribution in [2.75, 3.05) is 0 Å². The molecule has 0 radical (unpaired) electrons. The van der Waals surface area contributed by atoms with Gasteiger partial charge in [-0.2, -0.15) is 0 Å². The zero-order chi connectivity index (χ0) is 12.3. The lowest BCUT2D eigenvalue weighted by Gasteiger charge is -1.89. The van der Waals surface area contributed by atoms with Crippen LogP contribution in [-0.4, -0.2) is 8.42 Å². The molecule has 3 aromatic heterocycles. The maximum Gasteiger partial charge on any atom is 0.201 e. The van der Waals surface area contributed by atoms with E-state index in [-0.39, 0.29) is 0 Å². The van der Waals surface area contributed by atoms with Gasteiger partial charge in [-0.15, -0.1) is 34.0 Å². The van der Waals surface area contributed by atoms with Gasteiger partial charge in [0.15, 0.2) is 0 Å². The predicted octanol–water partition coefficient (Wildman–Crippen LogP) is 4.45. The Morgan fingerprint density at radius 1 is 1.00 bits per heavy atom. The van der Waals surface area contributed by atoms with Gasteiger partial charge in [0.25, 0.3) is 0 Å². The van der Waals surface area contributed by atoms with Gasteiger partial charge in [0.2, 0.25) is 9.84 Å². The first-order chi connectivity index (χ1) is 8.63. The van der Waals surface area contributed by atoms with Crippen LogP contribution in [0.2, 0.25) is 0 Å². The number of hydrogen-bond donors (Lipinski definition) is 0. The first-order valence-corrected chi connectivity index (χ1v) is 9.24. The van der Waals surface area contributed by atoms with E-state index < -0.39 is 9.84 Å². The molecule has 4 heterocycles. The summed E-state index contributed by atoms with van der Waals surface area (Å²) < 4.78 is 26.0. The van der Waals surface area contributed by atoms with E-state index in [4.69, 9.17) is 0 Å². The summed E-state index contributed by atoms with van der Waals surface area (Å²) in [5.74, 6) is 0.